The third kappa shape index (κ3) is 2.69. The van der Waals surface area contributed by atoms with E-state index in [0.29, 0.717) is 23.0 Å². The van der Waals surface area contributed by atoms with Gasteiger partial charge >= 0.3 is 0 Å². The molecular weight excluding hydrogens is 232 g/mol. The van der Waals surface area contributed by atoms with Gasteiger partial charge in [-0.1, -0.05) is 0 Å². The third-order valence-corrected chi connectivity index (χ3v) is 3.02. The highest BCUT2D eigenvalue weighted by Crippen LogP contribution is 2.18. The SMILES string of the molecule is Cc1n[nH]c(C)c1C(=O)NC(C)C(=O)NC1CC1. The molecule has 6 heteroatoms. The number of amides is 2. The summed E-state index contributed by atoms with van der Waals surface area (Å²) in [4.78, 5) is 23.7. The molecule has 0 spiro atoms. The minimum Gasteiger partial charge on any atom is -0.352 e. The van der Waals surface area contributed by atoms with E-state index in [1.807, 2.05) is 0 Å². The van der Waals surface area contributed by atoms with Crippen LogP contribution in [0.2, 0.25) is 0 Å². The van der Waals surface area contributed by atoms with Crippen LogP contribution >= 0.6 is 0 Å². The first-order valence-corrected chi connectivity index (χ1v) is 6.12. The zero-order valence-electron chi connectivity index (χ0n) is 10.8. The zero-order chi connectivity index (χ0) is 13.3. The maximum absolute atomic E-state index is 12.0. The molecule has 18 heavy (non-hydrogen) atoms. The van der Waals surface area contributed by atoms with Gasteiger partial charge < -0.3 is 10.6 Å². The molecule has 6 nitrogen and oxygen atoms in total. The number of aromatic nitrogens is 2. The summed E-state index contributed by atoms with van der Waals surface area (Å²) in [6.45, 7) is 5.22. The third-order valence-electron chi connectivity index (χ3n) is 3.02. The van der Waals surface area contributed by atoms with E-state index in [4.69, 9.17) is 0 Å². The molecule has 1 aromatic heterocycles. The summed E-state index contributed by atoms with van der Waals surface area (Å²) in [6, 6.07) is -0.235. The van der Waals surface area contributed by atoms with E-state index in [1.54, 1.807) is 20.8 Å². The Bertz CT molecular complexity index is 457. The predicted molar refractivity (Wildman–Crippen MR) is 66.2 cm³/mol. The van der Waals surface area contributed by atoms with Crippen molar-refractivity contribution < 1.29 is 9.59 Å². The van der Waals surface area contributed by atoms with Crippen LogP contribution in [-0.4, -0.2) is 34.1 Å². The molecule has 1 unspecified atom stereocenters. The van der Waals surface area contributed by atoms with Crippen LogP contribution in [0.25, 0.3) is 0 Å². The number of carbonyl (C=O) groups is 2. The van der Waals surface area contributed by atoms with Crippen molar-refractivity contribution in [2.24, 2.45) is 0 Å². The van der Waals surface area contributed by atoms with Gasteiger partial charge in [-0.3, -0.25) is 14.7 Å². The Labute approximate surface area is 106 Å². The molecule has 3 N–H and O–H groups in total. The normalized spacial score (nSPS) is 16.2. The van der Waals surface area contributed by atoms with E-state index in [9.17, 15) is 9.59 Å². The van der Waals surface area contributed by atoms with Gasteiger partial charge in [-0.2, -0.15) is 5.10 Å². The summed E-state index contributed by atoms with van der Waals surface area (Å²) in [5.41, 5.74) is 1.86. The number of carbonyl (C=O) groups excluding carboxylic acids is 2. The van der Waals surface area contributed by atoms with Gasteiger partial charge in [0.15, 0.2) is 0 Å². The molecule has 1 aliphatic rings. The van der Waals surface area contributed by atoms with Gasteiger partial charge in [-0.25, -0.2) is 0 Å². The lowest BCUT2D eigenvalue weighted by atomic mass is 10.1. The second-order valence-electron chi connectivity index (χ2n) is 4.79. The monoisotopic (exact) mass is 250 g/mol. The zero-order valence-corrected chi connectivity index (χ0v) is 10.8. The Hall–Kier alpha value is -1.85. The van der Waals surface area contributed by atoms with E-state index in [-0.39, 0.29) is 11.8 Å². The molecule has 0 saturated heterocycles. The predicted octanol–water partition coefficient (Wildman–Crippen LogP) is 0.423. The summed E-state index contributed by atoms with van der Waals surface area (Å²) in [7, 11) is 0. The van der Waals surface area contributed by atoms with E-state index < -0.39 is 6.04 Å². The highest BCUT2D eigenvalue weighted by atomic mass is 16.2. The van der Waals surface area contributed by atoms with Gasteiger partial charge in [0, 0.05) is 11.7 Å². The van der Waals surface area contributed by atoms with Crippen molar-refractivity contribution in [1.82, 2.24) is 20.8 Å². The first-order chi connectivity index (χ1) is 8.49. The lowest BCUT2D eigenvalue weighted by Crippen LogP contribution is -2.45. The number of nitrogens with one attached hydrogen (secondary N) is 3. The van der Waals surface area contributed by atoms with Crippen LogP contribution in [0.3, 0.4) is 0 Å². The second kappa shape index (κ2) is 4.80. The highest BCUT2D eigenvalue weighted by Gasteiger charge is 2.27. The summed E-state index contributed by atoms with van der Waals surface area (Å²) in [5.74, 6) is -0.401. The van der Waals surface area contributed by atoms with Crippen molar-refractivity contribution in [2.75, 3.05) is 0 Å². The van der Waals surface area contributed by atoms with Crippen LogP contribution in [0.5, 0.6) is 0 Å². The van der Waals surface area contributed by atoms with E-state index in [1.165, 1.54) is 0 Å². The standard InChI is InChI=1S/C12H18N4O2/c1-6-10(7(2)16-15-6)12(18)13-8(3)11(17)14-9-4-5-9/h8-9H,4-5H2,1-3H3,(H,13,18)(H,14,17)(H,15,16). The molecule has 1 aromatic rings. The van der Waals surface area contributed by atoms with Crippen molar-refractivity contribution >= 4 is 11.8 Å². The van der Waals surface area contributed by atoms with Gasteiger partial charge in [-0.15, -0.1) is 0 Å². The molecule has 98 valence electrons. The molecule has 1 aliphatic carbocycles. The number of hydrogen-bond acceptors (Lipinski definition) is 3. The maximum Gasteiger partial charge on any atom is 0.255 e. The molecule has 2 amide bonds. The number of H-pyrrole nitrogens is 1. The highest BCUT2D eigenvalue weighted by molar-refractivity contribution is 5.99. The lowest BCUT2D eigenvalue weighted by molar-refractivity contribution is -0.122. The number of aryl methyl sites for hydroxylation is 2. The smallest absolute Gasteiger partial charge is 0.255 e. The Morgan fingerprint density at radius 3 is 2.56 bits per heavy atom. The van der Waals surface area contributed by atoms with Crippen molar-refractivity contribution in [3.05, 3.63) is 17.0 Å². The van der Waals surface area contributed by atoms with Crippen LogP contribution in [0, 0.1) is 13.8 Å². The van der Waals surface area contributed by atoms with Crippen LogP contribution < -0.4 is 10.6 Å². The fourth-order valence-electron chi connectivity index (χ4n) is 1.77. The average Bonchev–Trinajstić information content (AvgIpc) is 3.04. The van der Waals surface area contributed by atoms with Gasteiger partial charge in [-0.05, 0) is 33.6 Å². The Balaban J connectivity index is 1.96. The van der Waals surface area contributed by atoms with E-state index in [2.05, 4.69) is 20.8 Å². The molecule has 1 heterocycles. The molecule has 0 aromatic carbocycles. The summed E-state index contributed by atoms with van der Waals surface area (Å²) < 4.78 is 0. The van der Waals surface area contributed by atoms with Crippen LogP contribution in [0.15, 0.2) is 0 Å². The number of nitrogens with zero attached hydrogens (tertiary/aromatic N) is 1. The Kier molecular flexibility index (Phi) is 3.36. The number of hydrogen-bond donors (Lipinski definition) is 3. The van der Waals surface area contributed by atoms with Crippen LogP contribution in [0.1, 0.15) is 41.5 Å². The second-order valence-corrected chi connectivity index (χ2v) is 4.79. The van der Waals surface area contributed by atoms with E-state index in [0.717, 1.165) is 12.8 Å². The van der Waals surface area contributed by atoms with Crippen LogP contribution in [-0.2, 0) is 4.79 Å². The summed E-state index contributed by atoms with van der Waals surface area (Å²) in [5, 5.41) is 12.3. The molecule has 0 radical (unpaired) electrons. The lowest BCUT2D eigenvalue weighted by Gasteiger charge is -2.13. The molecule has 0 bridgehead atoms. The average molecular weight is 250 g/mol. The number of rotatable bonds is 4. The largest absolute Gasteiger partial charge is 0.352 e. The minimum absolute atomic E-state index is 0.135. The topological polar surface area (TPSA) is 86.9 Å². The molecule has 1 fully saturated rings. The Morgan fingerprint density at radius 1 is 1.39 bits per heavy atom. The quantitative estimate of drug-likeness (QED) is 0.724. The Morgan fingerprint density at radius 2 is 2.06 bits per heavy atom. The van der Waals surface area contributed by atoms with Gasteiger partial charge in [0.25, 0.3) is 5.91 Å². The van der Waals surface area contributed by atoms with Gasteiger partial charge in [0.2, 0.25) is 5.91 Å². The van der Waals surface area contributed by atoms with Crippen molar-refractivity contribution in [3.63, 3.8) is 0 Å². The number of aromatic amines is 1. The van der Waals surface area contributed by atoms with Crippen molar-refractivity contribution in [3.8, 4) is 0 Å². The first kappa shape index (κ1) is 12.6. The van der Waals surface area contributed by atoms with Gasteiger partial charge in [0.05, 0.1) is 11.3 Å². The first-order valence-electron chi connectivity index (χ1n) is 6.12. The van der Waals surface area contributed by atoms with Gasteiger partial charge in [0.1, 0.15) is 6.04 Å². The van der Waals surface area contributed by atoms with Crippen LogP contribution in [0.4, 0.5) is 0 Å². The van der Waals surface area contributed by atoms with Crippen molar-refractivity contribution in [1.29, 1.82) is 0 Å². The molecule has 2 rings (SSSR count). The molecule has 1 atom stereocenters. The molecule has 0 aliphatic heterocycles. The summed E-state index contributed by atoms with van der Waals surface area (Å²) in [6.07, 6.45) is 2.07. The van der Waals surface area contributed by atoms with E-state index >= 15 is 0 Å². The molecular formula is C12H18N4O2. The molecule has 1 saturated carbocycles. The van der Waals surface area contributed by atoms with Crippen molar-refractivity contribution in [2.45, 2.75) is 45.7 Å². The fourth-order valence-corrected chi connectivity index (χ4v) is 1.77. The minimum atomic E-state index is -0.535. The summed E-state index contributed by atoms with van der Waals surface area (Å²) >= 11 is 0. The maximum atomic E-state index is 12.0. The fraction of sp³-hybridized carbons (Fsp3) is 0.583.